The van der Waals surface area contributed by atoms with Gasteiger partial charge >= 0.3 is 0 Å². The first-order valence-corrected chi connectivity index (χ1v) is 10.3. The van der Waals surface area contributed by atoms with Crippen LogP contribution in [0.3, 0.4) is 0 Å². The minimum Gasteiger partial charge on any atom is -0.492 e. The van der Waals surface area contributed by atoms with Crippen LogP contribution in [0, 0.1) is 0 Å². The van der Waals surface area contributed by atoms with Crippen molar-refractivity contribution in [3.8, 4) is 5.75 Å². The fraction of sp³-hybridized carbons (Fsp3) is 0.308. The van der Waals surface area contributed by atoms with Gasteiger partial charge in [-0.15, -0.1) is 0 Å². The third-order valence-electron chi connectivity index (χ3n) is 5.43. The van der Waals surface area contributed by atoms with E-state index in [0.29, 0.717) is 6.61 Å². The van der Waals surface area contributed by atoms with Crippen molar-refractivity contribution in [2.24, 2.45) is 0 Å². The van der Waals surface area contributed by atoms with Gasteiger partial charge < -0.3 is 14.7 Å². The number of likely N-dealkylation sites (N-methyl/N-ethyl adjacent to an activating group) is 1. The van der Waals surface area contributed by atoms with Gasteiger partial charge in [-0.1, -0.05) is 79.7 Å². The summed E-state index contributed by atoms with van der Waals surface area (Å²) >= 11 is 0. The largest absolute Gasteiger partial charge is 0.492 e. The van der Waals surface area contributed by atoms with Crippen molar-refractivity contribution in [2.45, 2.75) is 24.9 Å². The van der Waals surface area contributed by atoms with Crippen LogP contribution in [0.2, 0.25) is 0 Å². The predicted molar refractivity (Wildman–Crippen MR) is 119 cm³/mol. The average Bonchev–Trinajstić information content (AvgIpc) is 2.76. The second-order valence-corrected chi connectivity index (χ2v) is 7.68. The molecule has 0 bridgehead atoms. The van der Waals surface area contributed by atoms with Crippen molar-refractivity contribution in [2.75, 3.05) is 27.2 Å². The molecule has 152 valence electrons. The number of hydrogen-bond acceptors (Lipinski definition) is 3. The van der Waals surface area contributed by atoms with Gasteiger partial charge in [-0.25, -0.2) is 0 Å². The Hall–Kier alpha value is -2.62. The number of rotatable bonds is 9. The summed E-state index contributed by atoms with van der Waals surface area (Å²) < 4.78 is 5.84. The van der Waals surface area contributed by atoms with E-state index < -0.39 is 5.60 Å². The maximum Gasteiger partial charge on any atom is 0.121 e. The molecule has 3 aromatic carbocycles. The molecule has 0 aliphatic carbocycles. The highest BCUT2D eigenvalue weighted by molar-refractivity contribution is 5.43. The second-order valence-electron chi connectivity index (χ2n) is 7.68. The monoisotopic (exact) mass is 389 g/mol. The van der Waals surface area contributed by atoms with Crippen LogP contribution in [0.15, 0.2) is 84.9 Å². The van der Waals surface area contributed by atoms with E-state index in [1.807, 2.05) is 86.9 Å². The molecule has 2 atom stereocenters. The Kier molecular flexibility index (Phi) is 7.08. The van der Waals surface area contributed by atoms with Crippen molar-refractivity contribution >= 4 is 0 Å². The number of aliphatic hydroxyl groups is 1. The van der Waals surface area contributed by atoms with Crippen molar-refractivity contribution in [3.63, 3.8) is 0 Å². The lowest BCUT2D eigenvalue weighted by atomic mass is 9.72. The molecule has 0 fully saturated rings. The third-order valence-corrected chi connectivity index (χ3v) is 5.43. The second kappa shape index (κ2) is 9.73. The van der Waals surface area contributed by atoms with Crippen molar-refractivity contribution in [3.05, 3.63) is 102 Å². The molecular weight excluding hydrogens is 358 g/mol. The topological polar surface area (TPSA) is 32.7 Å². The summed E-state index contributed by atoms with van der Waals surface area (Å²) in [5, 5.41) is 12.2. The SMILES string of the molecule is CC[C@H](c1ccccc1)[C@](O)(c1ccccc1)c1ccc(OCCN(C)C)cc1. The normalized spacial score (nSPS) is 14.4. The lowest BCUT2D eigenvalue weighted by Crippen LogP contribution is -2.34. The Bertz CT molecular complexity index is 862. The van der Waals surface area contributed by atoms with Crippen LogP contribution in [-0.2, 0) is 5.60 Å². The first-order valence-electron chi connectivity index (χ1n) is 10.3. The maximum absolute atomic E-state index is 12.2. The molecule has 0 saturated carbocycles. The Morgan fingerprint density at radius 2 is 1.38 bits per heavy atom. The molecule has 3 rings (SSSR count). The molecular formula is C26H31NO2. The number of benzene rings is 3. The summed E-state index contributed by atoms with van der Waals surface area (Å²) in [5.74, 6) is 0.755. The van der Waals surface area contributed by atoms with E-state index in [-0.39, 0.29) is 5.92 Å². The summed E-state index contributed by atoms with van der Waals surface area (Å²) in [6.45, 7) is 3.63. The van der Waals surface area contributed by atoms with Gasteiger partial charge in [0.15, 0.2) is 0 Å². The molecule has 29 heavy (non-hydrogen) atoms. The molecule has 0 saturated heterocycles. The highest BCUT2D eigenvalue weighted by Gasteiger charge is 2.40. The minimum absolute atomic E-state index is 0.0633. The van der Waals surface area contributed by atoms with E-state index >= 15 is 0 Å². The quantitative estimate of drug-likeness (QED) is 0.555. The fourth-order valence-corrected chi connectivity index (χ4v) is 3.87. The van der Waals surface area contributed by atoms with E-state index in [1.165, 1.54) is 0 Å². The molecule has 0 radical (unpaired) electrons. The highest BCUT2D eigenvalue weighted by atomic mass is 16.5. The van der Waals surface area contributed by atoms with Gasteiger partial charge in [0.2, 0.25) is 0 Å². The zero-order valence-corrected chi connectivity index (χ0v) is 17.6. The molecule has 3 heteroatoms. The number of hydrogen-bond donors (Lipinski definition) is 1. The van der Waals surface area contributed by atoms with Crippen LogP contribution < -0.4 is 4.74 Å². The van der Waals surface area contributed by atoms with Crippen molar-refractivity contribution in [1.29, 1.82) is 0 Å². The van der Waals surface area contributed by atoms with Gasteiger partial charge in [-0.05, 0) is 49.3 Å². The van der Waals surface area contributed by atoms with Crippen LogP contribution in [-0.4, -0.2) is 37.3 Å². The minimum atomic E-state index is -1.13. The third kappa shape index (κ3) is 4.87. The van der Waals surface area contributed by atoms with Gasteiger partial charge in [0.05, 0.1) is 0 Å². The fourth-order valence-electron chi connectivity index (χ4n) is 3.87. The highest BCUT2D eigenvalue weighted by Crippen LogP contribution is 2.44. The van der Waals surface area contributed by atoms with Crippen LogP contribution in [0.25, 0.3) is 0 Å². The zero-order valence-electron chi connectivity index (χ0n) is 17.6. The maximum atomic E-state index is 12.2. The lowest BCUT2D eigenvalue weighted by molar-refractivity contribution is 0.0476. The molecule has 0 spiro atoms. The Morgan fingerprint density at radius 1 is 0.828 bits per heavy atom. The molecule has 0 heterocycles. The summed E-state index contributed by atoms with van der Waals surface area (Å²) in [5.41, 5.74) is 1.78. The summed E-state index contributed by atoms with van der Waals surface area (Å²) in [6, 6.07) is 28.1. The van der Waals surface area contributed by atoms with Crippen molar-refractivity contribution in [1.82, 2.24) is 4.90 Å². The molecule has 0 aliphatic rings. The summed E-state index contributed by atoms with van der Waals surface area (Å²) in [6.07, 6.45) is 0.816. The smallest absolute Gasteiger partial charge is 0.121 e. The molecule has 1 N–H and O–H groups in total. The Morgan fingerprint density at radius 3 is 1.93 bits per heavy atom. The first-order chi connectivity index (χ1) is 14.1. The van der Waals surface area contributed by atoms with Crippen LogP contribution in [0.4, 0.5) is 0 Å². The van der Waals surface area contributed by atoms with E-state index in [4.69, 9.17) is 4.74 Å². The van der Waals surface area contributed by atoms with Crippen LogP contribution in [0.1, 0.15) is 36.0 Å². The zero-order chi connectivity index (χ0) is 20.7. The van der Waals surface area contributed by atoms with Crippen molar-refractivity contribution < 1.29 is 9.84 Å². The van der Waals surface area contributed by atoms with E-state index in [1.54, 1.807) is 0 Å². The van der Waals surface area contributed by atoms with E-state index in [9.17, 15) is 5.11 Å². The molecule has 3 aromatic rings. The van der Waals surface area contributed by atoms with Gasteiger partial charge in [-0.2, -0.15) is 0 Å². The summed E-state index contributed by atoms with van der Waals surface area (Å²) in [4.78, 5) is 2.09. The summed E-state index contributed by atoms with van der Waals surface area (Å²) in [7, 11) is 4.06. The van der Waals surface area contributed by atoms with Gasteiger partial charge in [0.25, 0.3) is 0 Å². The average molecular weight is 390 g/mol. The number of nitrogens with zero attached hydrogens (tertiary/aromatic N) is 1. The molecule has 0 amide bonds. The predicted octanol–water partition coefficient (Wildman–Crippen LogP) is 5.06. The van der Waals surface area contributed by atoms with Crippen LogP contribution >= 0.6 is 0 Å². The molecule has 0 aromatic heterocycles. The first kappa shape index (κ1) is 21.1. The number of ether oxygens (including phenoxy) is 1. The van der Waals surface area contributed by atoms with Crippen LogP contribution in [0.5, 0.6) is 5.75 Å². The Balaban J connectivity index is 1.98. The molecule has 3 nitrogen and oxygen atoms in total. The Labute approximate surface area is 174 Å². The van der Waals surface area contributed by atoms with E-state index in [0.717, 1.165) is 35.4 Å². The van der Waals surface area contributed by atoms with E-state index in [2.05, 4.69) is 24.0 Å². The van der Waals surface area contributed by atoms with Gasteiger partial charge in [0, 0.05) is 12.5 Å². The standard InChI is InChI=1S/C26H31NO2/c1-4-25(21-11-7-5-8-12-21)26(28,22-13-9-6-10-14-22)23-15-17-24(18-16-23)29-20-19-27(2)3/h5-18,25,28H,4,19-20H2,1-3H3/t25-,26+/m1/s1. The molecule has 0 aliphatic heterocycles. The lowest BCUT2D eigenvalue weighted by Gasteiger charge is -2.37. The van der Waals surface area contributed by atoms with Gasteiger partial charge in [0.1, 0.15) is 18.0 Å². The molecule has 0 unspecified atom stereocenters. The van der Waals surface area contributed by atoms with Gasteiger partial charge in [-0.3, -0.25) is 0 Å².